The highest BCUT2D eigenvalue weighted by Crippen LogP contribution is 2.17. The fourth-order valence-electron chi connectivity index (χ4n) is 2.51. The van der Waals surface area contributed by atoms with Gasteiger partial charge in [0.25, 0.3) is 5.56 Å². The summed E-state index contributed by atoms with van der Waals surface area (Å²) < 4.78 is 26.1. The van der Waals surface area contributed by atoms with Gasteiger partial charge in [-0.05, 0) is 30.7 Å². The molecule has 144 valence electrons. The van der Waals surface area contributed by atoms with E-state index in [9.17, 15) is 18.0 Å². The minimum atomic E-state index is -3.88. The van der Waals surface area contributed by atoms with E-state index in [4.69, 9.17) is 0 Å². The van der Waals surface area contributed by atoms with Gasteiger partial charge in [-0.2, -0.15) is 5.10 Å². The number of rotatable bonds is 6. The second-order valence-corrected chi connectivity index (χ2v) is 8.14. The van der Waals surface area contributed by atoms with Crippen molar-refractivity contribution in [3.05, 3.63) is 88.2 Å². The molecule has 3 aromatic rings. The summed E-state index contributed by atoms with van der Waals surface area (Å²) in [6.45, 7) is 1.90. The predicted molar refractivity (Wildman–Crippen MR) is 103 cm³/mol. The SMILES string of the molecule is Cc1ccc(CNC(=O)Cn2nc(S(=O)(=O)c3ccccc3)ccc2=O)cc1. The monoisotopic (exact) mass is 397 g/mol. The number of amides is 1. The third-order valence-corrected chi connectivity index (χ3v) is 5.74. The van der Waals surface area contributed by atoms with Crippen LogP contribution < -0.4 is 10.9 Å². The number of hydrogen-bond acceptors (Lipinski definition) is 5. The van der Waals surface area contributed by atoms with E-state index in [1.807, 2.05) is 31.2 Å². The minimum Gasteiger partial charge on any atom is -0.350 e. The minimum absolute atomic E-state index is 0.0662. The molecule has 0 saturated carbocycles. The lowest BCUT2D eigenvalue weighted by atomic mass is 10.1. The number of aryl methyl sites for hydroxylation is 1. The lowest BCUT2D eigenvalue weighted by Crippen LogP contribution is -2.33. The fraction of sp³-hybridized carbons (Fsp3) is 0.150. The quantitative estimate of drug-likeness (QED) is 0.683. The highest BCUT2D eigenvalue weighted by molar-refractivity contribution is 7.91. The molecular weight excluding hydrogens is 378 g/mol. The third kappa shape index (κ3) is 4.52. The van der Waals surface area contributed by atoms with E-state index in [1.165, 1.54) is 12.1 Å². The molecule has 0 fully saturated rings. The summed E-state index contributed by atoms with van der Waals surface area (Å²) in [5.41, 5.74) is 1.47. The van der Waals surface area contributed by atoms with Crippen LogP contribution in [0.3, 0.4) is 0 Å². The summed E-state index contributed by atoms with van der Waals surface area (Å²) in [5, 5.41) is 6.29. The molecule has 2 aromatic carbocycles. The molecule has 0 bridgehead atoms. The molecule has 3 rings (SSSR count). The van der Waals surface area contributed by atoms with Gasteiger partial charge in [0.2, 0.25) is 15.7 Å². The number of carbonyl (C=O) groups excluding carboxylic acids is 1. The Hall–Kier alpha value is -3.26. The molecule has 0 aliphatic carbocycles. The molecule has 1 aromatic heterocycles. The van der Waals surface area contributed by atoms with Crippen LogP contribution in [0.5, 0.6) is 0 Å². The Balaban J connectivity index is 1.75. The van der Waals surface area contributed by atoms with Crippen molar-refractivity contribution in [2.24, 2.45) is 0 Å². The number of hydrogen-bond donors (Lipinski definition) is 1. The van der Waals surface area contributed by atoms with Crippen LogP contribution in [-0.4, -0.2) is 24.1 Å². The highest BCUT2D eigenvalue weighted by Gasteiger charge is 2.20. The first kappa shape index (κ1) is 19.5. The predicted octanol–water partition coefficient (Wildman–Crippen LogP) is 1.70. The molecule has 1 amide bonds. The van der Waals surface area contributed by atoms with Gasteiger partial charge in [-0.3, -0.25) is 9.59 Å². The maximum Gasteiger partial charge on any atom is 0.267 e. The number of nitrogens with one attached hydrogen (secondary N) is 1. The Labute approximate surface area is 162 Å². The molecule has 8 heteroatoms. The lowest BCUT2D eigenvalue weighted by molar-refractivity contribution is -0.122. The first-order valence-corrected chi connectivity index (χ1v) is 10.0. The second kappa shape index (κ2) is 8.18. The van der Waals surface area contributed by atoms with Crippen molar-refractivity contribution in [3.63, 3.8) is 0 Å². The molecule has 0 atom stereocenters. The molecule has 0 spiro atoms. The van der Waals surface area contributed by atoms with E-state index in [0.717, 1.165) is 27.9 Å². The Kier molecular flexibility index (Phi) is 5.70. The van der Waals surface area contributed by atoms with Crippen LogP contribution in [0.15, 0.2) is 81.4 Å². The second-order valence-electron chi connectivity index (χ2n) is 6.25. The Morgan fingerprint density at radius 3 is 2.36 bits per heavy atom. The topological polar surface area (TPSA) is 98.1 Å². The summed E-state index contributed by atoms with van der Waals surface area (Å²) in [5.74, 6) is -0.440. The van der Waals surface area contributed by atoms with Gasteiger partial charge in [0.1, 0.15) is 6.54 Å². The summed E-state index contributed by atoms with van der Waals surface area (Å²) in [4.78, 5) is 24.2. The van der Waals surface area contributed by atoms with E-state index in [2.05, 4.69) is 10.4 Å². The van der Waals surface area contributed by atoms with Gasteiger partial charge in [-0.1, -0.05) is 48.0 Å². The van der Waals surface area contributed by atoms with Crippen molar-refractivity contribution in [2.75, 3.05) is 0 Å². The smallest absolute Gasteiger partial charge is 0.267 e. The average Bonchev–Trinajstić information content (AvgIpc) is 2.70. The Morgan fingerprint density at radius 2 is 1.68 bits per heavy atom. The van der Waals surface area contributed by atoms with Gasteiger partial charge in [0.15, 0.2) is 5.03 Å². The molecule has 0 unspecified atom stereocenters. The molecule has 0 aliphatic rings. The fourth-order valence-corrected chi connectivity index (χ4v) is 3.72. The van der Waals surface area contributed by atoms with Crippen LogP contribution in [-0.2, 0) is 27.7 Å². The zero-order valence-electron chi connectivity index (χ0n) is 15.2. The van der Waals surface area contributed by atoms with E-state index < -0.39 is 21.3 Å². The largest absolute Gasteiger partial charge is 0.350 e. The molecule has 1 N–H and O–H groups in total. The normalized spacial score (nSPS) is 11.2. The number of carbonyl (C=O) groups is 1. The third-order valence-electron chi connectivity index (χ3n) is 4.07. The van der Waals surface area contributed by atoms with Gasteiger partial charge in [-0.15, -0.1) is 0 Å². The molecular formula is C20H19N3O4S. The van der Waals surface area contributed by atoms with Crippen molar-refractivity contribution in [2.45, 2.75) is 29.9 Å². The number of benzene rings is 2. The molecule has 0 aliphatic heterocycles. The van der Waals surface area contributed by atoms with Gasteiger partial charge in [0.05, 0.1) is 4.90 Å². The van der Waals surface area contributed by atoms with Crippen LogP contribution in [0.1, 0.15) is 11.1 Å². The van der Waals surface area contributed by atoms with Gasteiger partial charge < -0.3 is 5.32 Å². The number of sulfone groups is 1. The van der Waals surface area contributed by atoms with E-state index >= 15 is 0 Å². The van der Waals surface area contributed by atoms with E-state index in [1.54, 1.807) is 18.2 Å². The zero-order chi connectivity index (χ0) is 20.1. The van der Waals surface area contributed by atoms with Crippen LogP contribution in [0, 0.1) is 6.92 Å². The van der Waals surface area contributed by atoms with Crippen molar-refractivity contribution in [3.8, 4) is 0 Å². The van der Waals surface area contributed by atoms with Gasteiger partial charge >= 0.3 is 0 Å². The van der Waals surface area contributed by atoms with Gasteiger partial charge in [-0.25, -0.2) is 13.1 Å². The Morgan fingerprint density at radius 1 is 1.00 bits per heavy atom. The molecule has 0 saturated heterocycles. The zero-order valence-corrected chi connectivity index (χ0v) is 16.0. The summed E-state index contributed by atoms with van der Waals surface area (Å²) in [7, 11) is -3.88. The lowest BCUT2D eigenvalue weighted by Gasteiger charge is -2.09. The van der Waals surface area contributed by atoms with Crippen LogP contribution in [0.2, 0.25) is 0 Å². The maximum absolute atomic E-state index is 12.6. The van der Waals surface area contributed by atoms with Crippen molar-refractivity contribution < 1.29 is 13.2 Å². The first-order chi connectivity index (χ1) is 13.4. The molecule has 1 heterocycles. The Bertz CT molecular complexity index is 1140. The maximum atomic E-state index is 12.6. The summed E-state index contributed by atoms with van der Waals surface area (Å²) >= 11 is 0. The molecule has 0 radical (unpaired) electrons. The van der Waals surface area contributed by atoms with Crippen molar-refractivity contribution in [1.29, 1.82) is 0 Å². The first-order valence-electron chi connectivity index (χ1n) is 8.57. The van der Waals surface area contributed by atoms with Crippen LogP contribution in [0.4, 0.5) is 0 Å². The summed E-state index contributed by atoms with van der Waals surface area (Å²) in [6.07, 6.45) is 0. The standard InChI is InChI=1S/C20H19N3O4S/c1-15-7-9-16(10-8-15)13-21-18(24)14-23-20(25)12-11-19(22-23)28(26,27)17-5-3-2-4-6-17/h2-12H,13-14H2,1H3,(H,21,24). The summed E-state index contributed by atoms with van der Waals surface area (Å²) in [6, 6.07) is 17.7. The van der Waals surface area contributed by atoms with Gasteiger partial charge in [0, 0.05) is 12.6 Å². The molecule has 7 nitrogen and oxygen atoms in total. The van der Waals surface area contributed by atoms with E-state index in [0.29, 0.717) is 6.54 Å². The molecule has 28 heavy (non-hydrogen) atoms. The highest BCUT2D eigenvalue weighted by atomic mass is 32.2. The van der Waals surface area contributed by atoms with E-state index in [-0.39, 0.29) is 16.5 Å². The van der Waals surface area contributed by atoms with Crippen LogP contribution >= 0.6 is 0 Å². The van der Waals surface area contributed by atoms with Crippen LogP contribution in [0.25, 0.3) is 0 Å². The number of aromatic nitrogens is 2. The number of nitrogens with zero attached hydrogens (tertiary/aromatic N) is 2. The van der Waals surface area contributed by atoms with Crippen molar-refractivity contribution >= 4 is 15.7 Å². The van der Waals surface area contributed by atoms with Crippen molar-refractivity contribution in [1.82, 2.24) is 15.1 Å². The average molecular weight is 397 g/mol.